The summed E-state index contributed by atoms with van der Waals surface area (Å²) in [5.41, 5.74) is 1.36. The van der Waals surface area contributed by atoms with E-state index in [1.165, 1.54) is 0 Å². The lowest BCUT2D eigenvalue weighted by Gasteiger charge is -2.14. The molecular formula is C12H14N2O3. The summed E-state index contributed by atoms with van der Waals surface area (Å²) in [5, 5.41) is 16.6. The van der Waals surface area contributed by atoms with Gasteiger partial charge in [0.15, 0.2) is 0 Å². The first-order chi connectivity index (χ1) is 8.26. The van der Waals surface area contributed by atoms with Crippen LogP contribution in [0, 0.1) is 0 Å². The second-order valence-electron chi connectivity index (χ2n) is 3.54. The van der Waals surface area contributed by atoms with E-state index in [0.29, 0.717) is 22.6 Å². The Bertz CT molecular complexity index is 483. The Morgan fingerprint density at radius 3 is 2.71 bits per heavy atom. The average Bonchev–Trinajstić information content (AvgIpc) is 2.91. The number of hydrogen-bond donors (Lipinski definition) is 2. The molecule has 0 bridgehead atoms. The Labute approximate surface area is 99.0 Å². The predicted octanol–water partition coefficient (Wildman–Crippen LogP) is 1.51. The molecule has 1 unspecified atom stereocenters. The minimum Gasteiger partial charge on any atom is -0.497 e. The van der Waals surface area contributed by atoms with Crippen molar-refractivity contribution in [2.24, 2.45) is 0 Å². The van der Waals surface area contributed by atoms with Crippen LogP contribution >= 0.6 is 0 Å². The van der Waals surface area contributed by atoms with E-state index in [2.05, 4.69) is 10.2 Å². The molecule has 2 rings (SSSR count). The molecule has 5 heteroatoms. The number of aromatic amines is 1. The highest BCUT2D eigenvalue weighted by Gasteiger charge is 2.16. The van der Waals surface area contributed by atoms with Crippen LogP contribution in [-0.4, -0.2) is 29.5 Å². The molecule has 1 heterocycles. The van der Waals surface area contributed by atoms with Crippen LogP contribution in [0.5, 0.6) is 11.5 Å². The summed E-state index contributed by atoms with van der Waals surface area (Å²) < 4.78 is 10.3. The van der Waals surface area contributed by atoms with Crippen molar-refractivity contribution >= 4 is 0 Å². The van der Waals surface area contributed by atoms with Crippen molar-refractivity contribution in [2.75, 3.05) is 14.2 Å². The molecule has 2 N–H and O–H groups in total. The lowest BCUT2D eigenvalue weighted by atomic mass is 10.0. The lowest BCUT2D eigenvalue weighted by Crippen LogP contribution is -2.01. The Kier molecular flexibility index (Phi) is 3.30. The Morgan fingerprint density at radius 2 is 2.12 bits per heavy atom. The standard InChI is InChI=1S/C12H14N2O3/c1-16-9-3-4-10(11(5-9)17-2)12(15)8-6-13-14-7-8/h3-7,12,15H,1-2H3,(H,13,14). The zero-order valence-electron chi connectivity index (χ0n) is 9.68. The molecule has 2 aromatic rings. The molecule has 0 aliphatic heterocycles. The fourth-order valence-corrected chi connectivity index (χ4v) is 1.63. The topological polar surface area (TPSA) is 67.4 Å². The summed E-state index contributed by atoms with van der Waals surface area (Å²) in [6.45, 7) is 0. The molecule has 0 aliphatic carbocycles. The maximum absolute atomic E-state index is 10.2. The van der Waals surface area contributed by atoms with Crippen molar-refractivity contribution in [1.82, 2.24) is 10.2 Å². The van der Waals surface area contributed by atoms with Gasteiger partial charge in [0.1, 0.15) is 17.6 Å². The van der Waals surface area contributed by atoms with Crippen LogP contribution in [0.1, 0.15) is 17.2 Å². The third kappa shape index (κ3) is 2.24. The zero-order chi connectivity index (χ0) is 12.3. The highest BCUT2D eigenvalue weighted by Crippen LogP contribution is 2.32. The first kappa shape index (κ1) is 11.5. The number of H-pyrrole nitrogens is 1. The fourth-order valence-electron chi connectivity index (χ4n) is 1.63. The third-order valence-corrected chi connectivity index (χ3v) is 2.57. The Hall–Kier alpha value is -2.01. The number of ether oxygens (including phenoxy) is 2. The van der Waals surface area contributed by atoms with Crippen molar-refractivity contribution in [3.05, 3.63) is 41.7 Å². The SMILES string of the molecule is COc1ccc(C(O)c2cn[nH]c2)c(OC)c1. The van der Waals surface area contributed by atoms with Crippen molar-refractivity contribution < 1.29 is 14.6 Å². The first-order valence-corrected chi connectivity index (χ1v) is 5.15. The van der Waals surface area contributed by atoms with E-state index >= 15 is 0 Å². The molecule has 0 fully saturated rings. The van der Waals surface area contributed by atoms with Gasteiger partial charge in [0, 0.05) is 23.4 Å². The fraction of sp³-hybridized carbons (Fsp3) is 0.250. The summed E-state index contributed by atoms with van der Waals surface area (Å²) in [4.78, 5) is 0. The number of methoxy groups -OCH3 is 2. The average molecular weight is 234 g/mol. The summed E-state index contributed by atoms with van der Waals surface area (Å²) in [6, 6.07) is 5.29. The molecule has 1 aromatic carbocycles. The maximum Gasteiger partial charge on any atom is 0.128 e. The van der Waals surface area contributed by atoms with Gasteiger partial charge in [-0.15, -0.1) is 0 Å². The van der Waals surface area contributed by atoms with Gasteiger partial charge in [0.2, 0.25) is 0 Å². The number of rotatable bonds is 4. The molecule has 0 aliphatic rings. The van der Waals surface area contributed by atoms with Gasteiger partial charge >= 0.3 is 0 Å². The van der Waals surface area contributed by atoms with Crippen LogP contribution in [0.3, 0.4) is 0 Å². The molecule has 17 heavy (non-hydrogen) atoms. The first-order valence-electron chi connectivity index (χ1n) is 5.15. The Morgan fingerprint density at radius 1 is 1.29 bits per heavy atom. The van der Waals surface area contributed by atoms with Gasteiger partial charge < -0.3 is 14.6 Å². The van der Waals surface area contributed by atoms with Crippen LogP contribution in [0.15, 0.2) is 30.6 Å². The highest BCUT2D eigenvalue weighted by molar-refractivity contribution is 5.44. The van der Waals surface area contributed by atoms with E-state index in [1.807, 2.05) is 0 Å². The monoisotopic (exact) mass is 234 g/mol. The predicted molar refractivity (Wildman–Crippen MR) is 62.2 cm³/mol. The summed E-state index contributed by atoms with van der Waals surface area (Å²) in [6.07, 6.45) is 2.46. The molecule has 90 valence electrons. The molecule has 0 saturated heterocycles. The van der Waals surface area contributed by atoms with Gasteiger partial charge in [0.05, 0.1) is 20.4 Å². The minimum absolute atomic E-state index is 0.582. The van der Waals surface area contributed by atoms with Crippen molar-refractivity contribution in [3.63, 3.8) is 0 Å². The maximum atomic E-state index is 10.2. The number of hydrogen-bond acceptors (Lipinski definition) is 4. The van der Waals surface area contributed by atoms with E-state index in [4.69, 9.17) is 9.47 Å². The number of benzene rings is 1. The van der Waals surface area contributed by atoms with Crippen molar-refractivity contribution in [1.29, 1.82) is 0 Å². The van der Waals surface area contributed by atoms with Crippen molar-refractivity contribution in [2.45, 2.75) is 6.10 Å². The van der Waals surface area contributed by atoms with Crippen LogP contribution < -0.4 is 9.47 Å². The molecule has 0 radical (unpaired) electrons. The van der Waals surface area contributed by atoms with E-state index < -0.39 is 6.10 Å². The molecule has 1 atom stereocenters. The number of aromatic nitrogens is 2. The van der Waals surface area contributed by atoms with Crippen LogP contribution in [0.2, 0.25) is 0 Å². The minimum atomic E-state index is -0.769. The Balaban J connectivity index is 2.38. The lowest BCUT2D eigenvalue weighted by molar-refractivity contribution is 0.214. The number of nitrogens with zero attached hydrogens (tertiary/aromatic N) is 1. The van der Waals surface area contributed by atoms with Crippen LogP contribution in [0.4, 0.5) is 0 Å². The van der Waals surface area contributed by atoms with Crippen LogP contribution in [0.25, 0.3) is 0 Å². The number of aliphatic hydroxyl groups excluding tert-OH is 1. The molecule has 1 aromatic heterocycles. The third-order valence-electron chi connectivity index (χ3n) is 2.57. The second-order valence-corrected chi connectivity index (χ2v) is 3.54. The normalized spacial score (nSPS) is 12.2. The van der Waals surface area contributed by atoms with E-state index in [-0.39, 0.29) is 0 Å². The molecule has 0 amide bonds. The van der Waals surface area contributed by atoms with Gasteiger partial charge in [-0.05, 0) is 12.1 Å². The van der Waals surface area contributed by atoms with E-state index in [9.17, 15) is 5.11 Å². The van der Waals surface area contributed by atoms with Gasteiger partial charge in [-0.25, -0.2) is 0 Å². The summed E-state index contributed by atoms with van der Waals surface area (Å²) in [7, 11) is 3.14. The molecular weight excluding hydrogens is 220 g/mol. The van der Waals surface area contributed by atoms with Gasteiger partial charge in [-0.1, -0.05) is 0 Å². The number of aliphatic hydroxyl groups is 1. The van der Waals surface area contributed by atoms with Crippen LogP contribution in [-0.2, 0) is 0 Å². The number of nitrogens with one attached hydrogen (secondary N) is 1. The molecule has 5 nitrogen and oxygen atoms in total. The van der Waals surface area contributed by atoms with E-state index in [1.54, 1.807) is 44.8 Å². The van der Waals surface area contributed by atoms with Gasteiger partial charge in [-0.2, -0.15) is 5.10 Å². The zero-order valence-corrected chi connectivity index (χ0v) is 9.68. The largest absolute Gasteiger partial charge is 0.497 e. The highest BCUT2D eigenvalue weighted by atomic mass is 16.5. The van der Waals surface area contributed by atoms with Gasteiger partial charge in [-0.3, -0.25) is 5.10 Å². The second kappa shape index (κ2) is 4.88. The quantitative estimate of drug-likeness (QED) is 0.841. The summed E-state index contributed by atoms with van der Waals surface area (Å²) in [5.74, 6) is 1.27. The van der Waals surface area contributed by atoms with Crippen molar-refractivity contribution in [3.8, 4) is 11.5 Å². The smallest absolute Gasteiger partial charge is 0.128 e. The van der Waals surface area contributed by atoms with E-state index in [0.717, 1.165) is 0 Å². The molecule has 0 spiro atoms. The molecule has 0 saturated carbocycles. The summed E-state index contributed by atoms with van der Waals surface area (Å²) >= 11 is 0. The van der Waals surface area contributed by atoms with Gasteiger partial charge in [0.25, 0.3) is 0 Å².